The molecule has 0 aromatic carbocycles. The van der Waals surface area contributed by atoms with Crippen molar-refractivity contribution >= 4 is 5.78 Å². The van der Waals surface area contributed by atoms with Crippen molar-refractivity contribution < 1.29 is 4.79 Å². The second-order valence-corrected chi connectivity index (χ2v) is 7.96. The predicted molar refractivity (Wildman–Crippen MR) is 76.4 cm³/mol. The first-order valence-corrected chi connectivity index (χ1v) is 7.91. The largest absolute Gasteiger partial charge is 0.299 e. The maximum Gasteiger partial charge on any atom is 0.139 e. The predicted octanol–water partition coefficient (Wildman–Crippen LogP) is 4.84. The van der Waals surface area contributed by atoms with Crippen LogP contribution in [0.1, 0.15) is 72.6 Å². The molecular formula is C17H30O. The van der Waals surface area contributed by atoms with Gasteiger partial charge in [-0.15, -0.1) is 0 Å². The van der Waals surface area contributed by atoms with Crippen LogP contribution >= 0.6 is 0 Å². The van der Waals surface area contributed by atoms with Crippen molar-refractivity contribution in [2.75, 3.05) is 0 Å². The molecule has 0 spiro atoms. The van der Waals surface area contributed by atoms with Crippen LogP contribution in [0.2, 0.25) is 0 Å². The van der Waals surface area contributed by atoms with Gasteiger partial charge < -0.3 is 0 Å². The molecule has 2 aliphatic rings. The van der Waals surface area contributed by atoms with Gasteiger partial charge in [0, 0.05) is 11.8 Å². The zero-order valence-electron chi connectivity index (χ0n) is 12.7. The quantitative estimate of drug-likeness (QED) is 0.685. The summed E-state index contributed by atoms with van der Waals surface area (Å²) in [5, 5.41) is 0. The van der Waals surface area contributed by atoms with Gasteiger partial charge in [-0.1, -0.05) is 27.7 Å². The molecule has 2 saturated carbocycles. The molecule has 1 nitrogen and oxygen atoms in total. The van der Waals surface area contributed by atoms with Gasteiger partial charge >= 0.3 is 0 Å². The van der Waals surface area contributed by atoms with Gasteiger partial charge in [0.25, 0.3) is 0 Å². The van der Waals surface area contributed by atoms with E-state index in [1.165, 1.54) is 19.3 Å². The fourth-order valence-corrected chi connectivity index (χ4v) is 4.20. The summed E-state index contributed by atoms with van der Waals surface area (Å²) in [6, 6.07) is 0. The molecule has 2 atom stereocenters. The smallest absolute Gasteiger partial charge is 0.139 e. The first kappa shape index (κ1) is 14.1. The molecule has 2 unspecified atom stereocenters. The Labute approximate surface area is 113 Å². The normalized spacial score (nSPS) is 37.4. The number of carbonyl (C=O) groups excluding carboxylic acids is 1. The highest BCUT2D eigenvalue weighted by atomic mass is 16.1. The summed E-state index contributed by atoms with van der Waals surface area (Å²) in [5.41, 5.74) is 0.476. The molecule has 0 N–H and O–H groups in total. The van der Waals surface area contributed by atoms with Gasteiger partial charge in [0.1, 0.15) is 5.78 Å². The molecule has 104 valence electrons. The molecule has 2 fully saturated rings. The summed E-state index contributed by atoms with van der Waals surface area (Å²) in [6.45, 7) is 9.33. The van der Waals surface area contributed by atoms with Crippen molar-refractivity contribution in [3.63, 3.8) is 0 Å². The number of hydrogen-bond donors (Lipinski definition) is 0. The minimum Gasteiger partial charge on any atom is -0.299 e. The molecule has 0 amide bonds. The highest BCUT2D eigenvalue weighted by Gasteiger charge is 2.36. The first-order chi connectivity index (χ1) is 8.37. The van der Waals surface area contributed by atoms with Crippen LogP contribution < -0.4 is 0 Å². The Hall–Kier alpha value is -0.330. The van der Waals surface area contributed by atoms with Crippen molar-refractivity contribution in [2.24, 2.45) is 29.1 Å². The highest BCUT2D eigenvalue weighted by Crippen LogP contribution is 2.42. The van der Waals surface area contributed by atoms with Gasteiger partial charge in [0.05, 0.1) is 0 Å². The summed E-state index contributed by atoms with van der Waals surface area (Å²) in [5.74, 6) is 2.89. The van der Waals surface area contributed by atoms with Gasteiger partial charge in [0.2, 0.25) is 0 Å². The minimum absolute atomic E-state index is 0.384. The van der Waals surface area contributed by atoms with Crippen molar-refractivity contribution in [3.05, 3.63) is 0 Å². The molecule has 0 radical (unpaired) electrons. The number of hydrogen-bond acceptors (Lipinski definition) is 1. The molecule has 0 bridgehead atoms. The second-order valence-electron chi connectivity index (χ2n) is 7.96. The molecule has 0 heterocycles. The molecule has 2 aliphatic carbocycles. The Morgan fingerprint density at radius 1 is 0.889 bits per heavy atom. The monoisotopic (exact) mass is 250 g/mol. The Bertz CT molecular complexity index is 285. The lowest BCUT2D eigenvalue weighted by Crippen LogP contribution is -2.33. The Morgan fingerprint density at radius 3 is 1.89 bits per heavy atom. The van der Waals surface area contributed by atoms with E-state index < -0.39 is 0 Å². The van der Waals surface area contributed by atoms with E-state index in [9.17, 15) is 4.79 Å². The van der Waals surface area contributed by atoms with Crippen LogP contribution in [0, 0.1) is 29.1 Å². The van der Waals surface area contributed by atoms with E-state index in [0.717, 1.165) is 37.5 Å². The fraction of sp³-hybridized carbons (Fsp3) is 0.941. The van der Waals surface area contributed by atoms with Crippen LogP contribution in [0.15, 0.2) is 0 Å². The van der Waals surface area contributed by atoms with Gasteiger partial charge in [0.15, 0.2) is 0 Å². The Balaban J connectivity index is 1.91. The minimum atomic E-state index is 0.384. The zero-order valence-corrected chi connectivity index (χ0v) is 12.7. The van der Waals surface area contributed by atoms with Crippen molar-refractivity contribution in [2.45, 2.75) is 72.6 Å². The zero-order chi connectivity index (χ0) is 13.3. The molecule has 0 saturated heterocycles. The van der Waals surface area contributed by atoms with Crippen LogP contribution in [-0.4, -0.2) is 5.78 Å². The first-order valence-electron chi connectivity index (χ1n) is 7.91. The lowest BCUT2D eigenvalue weighted by molar-refractivity contribution is -0.130. The van der Waals surface area contributed by atoms with Crippen LogP contribution in [0.5, 0.6) is 0 Å². The van der Waals surface area contributed by atoms with Gasteiger partial charge in [-0.2, -0.15) is 0 Å². The van der Waals surface area contributed by atoms with Crippen molar-refractivity contribution in [1.29, 1.82) is 0 Å². The van der Waals surface area contributed by atoms with Crippen LogP contribution in [0.4, 0.5) is 0 Å². The third-order valence-electron chi connectivity index (χ3n) is 5.32. The molecule has 1 heteroatoms. The molecule has 18 heavy (non-hydrogen) atoms. The van der Waals surface area contributed by atoms with Crippen molar-refractivity contribution in [3.8, 4) is 0 Å². The van der Waals surface area contributed by atoms with E-state index in [0.29, 0.717) is 23.0 Å². The van der Waals surface area contributed by atoms with Crippen LogP contribution in [0.25, 0.3) is 0 Å². The molecule has 2 rings (SSSR count). The lowest BCUT2D eigenvalue weighted by Gasteiger charge is -2.37. The van der Waals surface area contributed by atoms with E-state index in [-0.39, 0.29) is 0 Å². The van der Waals surface area contributed by atoms with Gasteiger partial charge in [-0.3, -0.25) is 4.79 Å². The summed E-state index contributed by atoms with van der Waals surface area (Å²) in [7, 11) is 0. The SMILES string of the molecule is CC1CC(C)CC(C(=O)C2CCC(C)(C)CC2)C1. The van der Waals surface area contributed by atoms with Gasteiger partial charge in [-0.05, 0) is 62.2 Å². The fourth-order valence-electron chi connectivity index (χ4n) is 4.20. The van der Waals surface area contributed by atoms with E-state index in [1.807, 2.05) is 0 Å². The van der Waals surface area contributed by atoms with E-state index >= 15 is 0 Å². The molecular weight excluding hydrogens is 220 g/mol. The lowest BCUT2D eigenvalue weighted by atomic mass is 9.67. The molecule has 0 aromatic rings. The second kappa shape index (κ2) is 5.35. The summed E-state index contributed by atoms with van der Waals surface area (Å²) in [4.78, 5) is 12.7. The third kappa shape index (κ3) is 3.36. The van der Waals surface area contributed by atoms with E-state index in [1.54, 1.807) is 0 Å². The standard InChI is InChI=1S/C17H30O/c1-12-9-13(2)11-15(10-12)16(18)14-5-7-17(3,4)8-6-14/h12-15H,5-11H2,1-4H3. The summed E-state index contributed by atoms with van der Waals surface area (Å²) >= 11 is 0. The third-order valence-corrected chi connectivity index (χ3v) is 5.32. The van der Waals surface area contributed by atoms with Crippen LogP contribution in [0.3, 0.4) is 0 Å². The van der Waals surface area contributed by atoms with Gasteiger partial charge in [-0.25, -0.2) is 0 Å². The van der Waals surface area contributed by atoms with Crippen LogP contribution in [-0.2, 0) is 4.79 Å². The molecule has 0 aliphatic heterocycles. The number of carbonyl (C=O) groups is 1. The maximum atomic E-state index is 12.7. The van der Waals surface area contributed by atoms with Crippen molar-refractivity contribution in [1.82, 2.24) is 0 Å². The van der Waals surface area contributed by atoms with E-state index in [4.69, 9.17) is 0 Å². The average molecular weight is 250 g/mol. The molecule has 0 aromatic heterocycles. The maximum absolute atomic E-state index is 12.7. The highest BCUT2D eigenvalue weighted by molar-refractivity contribution is 5.83. The number of Topliss-reactive ketones (excluding diaryl/α,β-unsaturated/α-hetero) is 1. The Kier molecular flexibility index (Phi) is 4.18. The topological polar surface area (TPSA) is 17.1 Å². The average Bonchev–Trinajstić information content (AvgIpc) is 2.27. The number of rotatable bonds is 2. The summed E-state index contributed by atoms with van der Waals surface area (Å²) in [6.07, 6.45) is 8.40. The number of ketones is 1. The van der Waals surface area contributed by atoms with E-state index in [2.05, 4.69) is 27.7 Å². The Morgan fingerprint density at radius 2 is 1.39 bits per heavy atom. The summed E-state index contributed by atoms with van der Waals surface area (Å²) < 4.78 is 0.